The van der Waals surface area contributed by atoms with Crippen LogP contribution in [-0.2, 0) is 9.53 Å². The van der Waals surface area contributed by atoms with Gasteiger partial charge in [-0.05, 0) is 45.7 Å². The molecule has 2 fully saturated rings. The van der Waals surface area contributed by atoms with Crippen molar-refractivity contribution in [2.75, 3.05) is 31.6 Å². The Balaban J connectivity index is 1.43. The molecule has 3 rings (SSSR count). The number of likely N-dealkylation sites (tertiary alicyclic amines) is 1. The van der Waals surface area contributed by atoms with Gasteiger partial charge in [0.25, 0.3) is 0 Å². The smallest absolute Gasteiger partial charge is 0.228 e. The molecule has 0 saturated carbocycles. The first-order valence-electron chi connectivity index (χ1n) is 7.79. The molecule has 2 saturated heterocycles. The van der Waals surface area contributed by atoms with Gasteiger partial charge in [-0.15, -0.1) is 0 Å². The van der Waals surface area contributed by atoms with E-state index in [2.05, 4.69) is 15.4 Å². The van der Waals surface area contributed by atoms with Crippen molar-refractivity contribution in [1.82, 2.24) is 10.1 Å². The van der Waals surface area contributed by atoms with Crippen LogP contribution >= 0.6 is 0 Å². The van der Waals surface area contributed by atoms with E-state index >= 15 is 0 Å². The first-order chi connectivity index (χ1) is 10.2. The Morgan fingerprint density at radius 1 is 1.43 bits per heavy atom. The van der Waals surface area contributed by atoms with E-state index in [1.807, 2.05) is 6.92 Å². The molecule has 3 heterocycles. The van der Waals surface area contributed by atoms with E-state index in [1.54, 1.807) is 6.07 Å². The third-order valence-corrected chi connectivity index (χ3v) is 4.32. The van der Waals surface area contributed by atoms with Crippen LogP contribution in [0.5, 0.6) is 0 Å². The zero-order valence-electron chi connectivity index (χ0n) is 12.5. The number of carbonyl (C=O) groups is 1. The van der Waals surface area contributed by atoms with Crippen LogP contribution in [0.2, 0.25) is 0 Å². The second kappa shape index (κ2) is 6.58. The fraction of sp³-hybridized carbons (Fsp3) is 0.733. The zero-order chi connectivity index (χ0) is 14.7. The highest BCUT2D eigenvalue weighted by atomic mass is 16.5. The minimum atomic E-state index is 0.0556. The molecule has 116 valence electrons. The van der Waals surface area contributed by atoms with Crippen LogP contribution < -0.4 is 5.32 Å². The molecule has 1 unspecified atom stereocenters. The number of aromatic nitrogens is 1. The van der Waals surface area contributed by atoms with Crippen LogP contribution in [0.1, 0.15) is 31.4 Å². The second-order valence-electron chi connectivity index (χ2n) is 6.02. The molecule has 2 aliphatic heterocycles. The molecule has 1 amide bonds. The highest BCUT2D eigenvalue weighted by Gasteiger charge is 2.27. The van der Waals surface area contributed by atoms with Crippen molar-refractivity contribution >= 4 is 11.7 Å². The Hall–Kier alpha value is -1.40. The summed E-state index contributed by atoms with van der Waals surface area (Å²) in [5.41, 5.74) is 0. The molecule has 0 spiro atoms. The number of aryl methyl sites for hydroxylation is 1. The minimum Gasteiger partial charge on any atom is -0.377 e. The molecule has 1 aromatic heterocycles. The molecule has 21 heavy (non-hydrogen) atoms. The van der Waals surface area contributed by atoms with E-state index in [4.69, 9.17) is 9.26 Å². The van der Waals surface area contributed by atoms with E-state index in [0.717, 1.165) is 39.1 Å². The van der Waals surface area contributed by atoms with Crippen LogP contribution in [-0.4, -0.2) is 48.3 Å². The van der Waals surface area contributed by atoms with Gasteiger partial charge in [0.15, 0.2) is 5.82 Å². The van der Waals surface area contributed by atoms with Gasteiger partial charge in [0.05, 0.1) is 6.10 Å². The molecule has 6 nitrogen and oxygen atoms in total. The van der Waals surface area contributed by atoms with E-state index in [-0.39, 0.29) is 11.8 Å². The van der Waals surface area contributed by atoms with E-state index < -0.39 is 0 Å². The lowest BCUT2D eigenvalue weighted by Gasteiger charge is -2.32. The summed E-state index contributed by atoms with van der Waals surface area (Å²) < 4.78 is 10.6. The highest BCUT2D eigenvalue weighted by molar-refractivity contribution is 5.91. The summed E-state index contributed by atoms with van der Waals surface area (Å²) in [6.45, 7) is 5.66. The lowest BCUT2D eigenvalue weighted by molar-refractivity contribution is -0.121. The standard InChI is InChI=1S/C15H23N3O3/c1-11-9-14(17-21-11)16-15(19)12-4-6-18(7-5-12)10-13-3-2-8-20-13/h9,12-13H,2-8,10H2,1H3,(H,16,17,19). The SMILES string of the molecule is Cc1cc(NC(=O)C2CCN(CC3CCCO3)CC2)no1. The maximum absolute atomic E-state index is 12.2. The maximum Gasteiger partial charge on any atom is 0.228 e. The van der Waals surface area contributed by atoms with Crippen molar-refractivity contribution in [2.24, 2.45) is 5.92 Å². The number of hydrogen-bond acceptors (Lipinski definition) is 5. The van der Waals surface area contributed by atoms with Crippen molar-refractivity contribution in [3.05, 3.63) is 11.8 Å². The number of rotatable bonds is 4. The summed E-state index contributed by atoms with van der Waals surface area (Å²) in [6, 6.07) is 1.74. The lowest BCUT2D eigenvalue weighted by atomic mass is 9.95. The Morgan fingerprint density at radius 2 is 2.24 bits per heavy atom. The lowest BCUT2D eigenvalue weighted by Crippen LogP contribution is -2.41. The number of nitrogens with zero attached hydrogens (tertiary/aromatic N) is 2. The van der Waals surface area contributed by atoms with E-state index in [0.29, 0.717) is 17.7 Å². The Kier molecular flexibility index (Phi) is 4.55. The molecule has 1 atom stereocenters. The average Bonchev–Trinajstić information content (AvgIpc) is 3.12. The molecule has 0 aliphatic carbocycles. The number of piperidine rings is 1. The van der Waals surface area contributed by atoms with Crippen LogP contribution in [0.15, 0.2) is 10.6 Å². The molecule has 1 aromatic rings. The molecule has 1 N–H and O–H groups in total. The first kappa shape index (κ1) is 14.5. The van der Waals surface area contributed by atoms with Gasteiger partial charge >= 0.3 is 0 Å². The van der Waals surface area contributed by atoms with Crippen molar-refractivity contribution in [2.45, 2.75) is 38.7 Å². The monoisotopic (exact) mass is 293 g/mol. The molecule has 0 radical (unpaired) electrons. The van der Waals surface area contributed by atoms with Crippen LogP contribution in [0, 0.1) is 12.8 Å². The fourth-order valence-electron chi connectivity index (χ4n) is 3.11. The van der Waals surface area contributed by atoms with Crippen molar-refractivity contribution < 1.29 is 14.1 Å². The molecule has 0 bridgehead atoms. The van der Waals surface area contributed by atoms with Gasteiger partial charge in [-0.3, -0.25) is 4.79 Å². The minimum absolute atomic E-state index is 0.0556. The fourth-order valence-corrected chi connectivity index (χ4v) is 3.11. The summed E-state index contributed by atoms with van der Waals surface area (Å²) in [5.74, 6) is 1.35. The summed E-state index contributed by atoms with van der Waals surface area (Å²) in [6.07, 6.45) is 4.55. The number of nitrogens with one attached hydrogen (secondary N) is 1. The number of carbonyl (C=O) groups excluding carboxylic acids is 1. The van der Waals surface area contributed by atoms with E-state index in [9.17, 15) is 4.79 Å². The third-order valence-electron chi connectivity index (χ3n) is 4.32. The van der Waals surface area contributed by atoms with Gasteiger partial charge in [0, 0.05) is 25.1 Å². The third kappa shape index (κ3) is 3.83. The van der Waals surface area contributed by atoms with Gasteiger partial charge in [-0.2, -0.15) is 0 Å². The Morgan fingerprint density at radius 3 is 2.86 bits per heavy atom. The summed E-state index contributed by atoms with van der Waals surface area (Å²) >= 11 is 0. The molecule has 0 aromatic carbocycles. The summed E-state index contributed by atoms with van der Waals surface area (Å²) in [5, 5.41) is 6.63. The van der Waals surface area contributed by atoms with Crippen LogP contribution in [0.25, 0.3) is 0 Å². The Bertz CT molecular complexity index is 474. The maximum atomic E-state index is 12.2. The van der Waals surface area contributed by atoms with Gasteiger partial charge in [0.1, 0.15) is 5.76 Å². The quantitative estimate of drug-likeness (QED) is 0.917. The normalized spacial score (nSPS) is 24.3. The largest absolute Gasteiger partial charge is 0.377 e. The van der Waals surface area contributed by atoms with Crippen molar-refractivity contribution in [3.63, 3.8) is 0 Å². The highest BCUT2D eigenvalue weighted by Crippen LogP contribution is 2.21. The van der Waals surface area contributed by atoms with Gasteiger partial charge in [-0.25, -0.2) is 0 Å². The Labute approximate surface area is 124 Å². The predicted octanol–water partition coefficient (Wildman–Crippen LogP) is 1.81. The van der Waals surface area contributed by atoms with Crippen molar-refractivity contribution in [3.8, 4) is 0 Å². The second-order valence-corrected chi connectivity index (χ2v) is 6.02. The van der Waals surface area contributed by atoms with Gasteiger partial charge in [-0.1, -0.05) is 5.16 Å². The predicted molar refractivity (Wildman–Crippen MR) is 78.0 cm³/mol. The number of amides is 1. The number of anilines is 1. The molecular weight excluding hydrogens is 270 g/mol. The molecular formula is C15H23N3O3. The zero-order valence-corrected chi connectivity index (χ0v) is 12.5. The van der Waals surface area contributed by atoms with Crippen molar-refractivity contribution in [1.29, 1.82) is 0 Å². The van der Waals surface area contributed by atoms with Gasteiger partial charge in [0.2, 0.25) is 5.91 Å². The number of ether oxygens (including phenoxy) is 1. The first-order valence-corrected chi connectivity index (χ1v) is 7.79. The summed E-state index contributed by atoms with van der Waals surface area (Å²) in [7, 11) is 0. The number of hydrogen-bond donors (Lipinski definition) is 1. The summed E-state index contributed by atoms with van der Waals surface area (Å²) in [4.78, 5) is 14.6. The molecule has 2 aliphatic rings. The molecule has 6 heteroatoms. The van der Waals surface area contributed by atoms with Crippen LogP contribution in [0.4, 0.5) is 5.82 Å². The van der Waals surface area contributed by atoms with Crippen LogP contribution in [0.3, 0.4) is 0 Å². The van der Waals surface area contributed by atoms with Gasteiger partial charge < -0.3 is 19.5 Å². The average molecular weight is 293 g/mol. The van der Waals surface area contributed by atoms with E-state index in [1.165, 1.54) is 12.8 Å². The topological polar surface area (TPSA) is 67.6 Å².